The molecule has 1 aromatic heterocycles. The molecule has 1 aliphatic heterocycles. The number of anilines is 2. The predicted molar refractivity (Wildman–Crippen MR) is 126 cm³/mol. The molecule has 0 atom stereocenters. The second-order valence-corrected chi connectivity index (χ2v) is 8.60. The van der Waals surface area contributed by atoms with E-state index in [0.29, 0.717) is 12.8 Å². The number of piperazine rings is 1. The zero-order valence-electron chi connectivity index (χ0n) is 18.8. The predicted octanol–water partition coefficient (Wildman–Crippen LogP) is 3.84. The number of carbonyl (C=O) groups excluding carboxylic acids is 1. The van der Waals surface area contributed by atoms with Crippen molar-refractivity contribution in [1.82, 2.24) is 14.9 Å². The van der Waals surface area contributed by atoms with E-state index in [0.717, 1.165) is 60.5 Å². The Bertz CT molecular complexity index is 870. The van der Waals surface area contributed by atoms with Crippen molar-refractivity contribution in [2.24, 2.45) is 0 Å². The van der Waals surface area contributed by atoms with Crippen LogP contribution in [0.25, 0.3) is 0 Å². The minimum absolute atomic E-state index is 0.0199. The van der Waals surface area contributed by atoms with Gasteiger partial charge in [-0.05, 0) is 69.3 Å². The number of carbonyl (C=O) groups is 1. The van der Waals surface area contributed by atoms with Crippen LogP contribution in [0, 0.1) is 20.8 Å². The number of aromatic nitrogens is 2. The average Bonchev–Trinajstić information content (AvgIpc) is 2.73. The maximum atomic E-state index is 12.5. The normalized spacial score (nSPS) is 14.8. The lowest BCUT2D eigenvalue weighted by Gasteiger charge is -2.36. The third-order valence-electron chi connectivity index (χ3n) is 5.83. The van der Waals surface area contributed by atoms with Gasteiger partial charge >= 0.3 is 0 Å². The molecule has 6 nitrogen and oxygen atoms in total. The van der Waals surface area contributed by atoms with Crippen LogP contribution in [0.4, 0.5) is 11.4 Å². The van der Waals surface area contributed by atoms with Crippen LogP contribution in [0.5, 0.6) is 0 Å². The van der Waals surface area contributed by atoms with Gasteiger partial charge in [-0.15, -0.1) is 0 Å². The van der Waals surface area contributed by atoms with Gasteiger partial charge in [0.1, 0.15) is 0 Å². The van der Waals surface area contributed by atoms with Gasteiger partial charge in [0.25, 0.3) is 0 Å². The highest BCUT2D eigenvalue weighted by molar-refractivity contribution is 7.98. The van der Waals surface area contributed by atoms with Crippen molar-refractivity contribution >= 4 is 29.0 Å². The standard InChI is InChI=1S/C23H33N5OS/c1-6-27-11-13-28(14-12-27)21-9-7-19(15-16(21)2)26-22(29)10-8-20-17(3)24-23(30-5)25-18(20)4/h7,9,15H,6,8,10-14H2,1-5H3,(H,26,29). The number of hydrogen-bond donors (Lipinski definition) is 1. The molecule has 30 heavy (non-hydrogen) atoms. The van der Waals surface area contributed by atoms with Crippen LogP contribution in [-0.2, 0) is 11.2 Å². The quantitative estimate of drug-likeness (QED) is 0.535. The van der Waals surface area contributed by atoms with E-state index in [1.807, 2.05) is 26.2 Å². The van der Waals surface area contributed by atoms with Gasteiger partial charge in [0, 0.05) is 55.4 Å². The summed E-state index contributed by atoms with van der Waals surface area (Å²) in [4.78, 5) is 26.4. The first-order chi connectivity index (χ1) is 14.4. The lowest BCUT2D eigenvalue weighted by atomic mass is 10.1. The number of thioether (sulfide) groups is 1. The summed E-state index contributed by atoms with van der Waals surface area (Å²) in [6, 6.07) is 6.22. The second kappa shape index (κ2) is 10.3. The Morgan fingerprint density at radius 1 is 1.10 bits per heavy atom. The van der Waals surface area contributed by atoms with E-state index >= 15 is 0 Å². The molecular formula is C23H33N5OS. The summed E-state index contributed by atoms with van der Waals surface area (Å²) in [7, 11) is 0. The second-order valence-electron chi connectivity index (χ2n) is 7.83. The molecule has 1 saturated heterocycles. The Morgan fingerprint density at radius 3 is 2.33 bits per heavy atom. The number of nitrogens with zero attached hydrogens (tertiary/aromatic N) is 4. The Morgan fingerprint density at radius 2 is 1.77 bits per heavy atom. The molecule has 1 fully saturated rings. The summed E-state index contributed by atoms with van der Waals surface area (Å²) in [6.45, 7) is 13.7. The summed E-state index contributed by atoms with van der Waals surface area (Å²) >= 11 is 1.54. The van der Waals surface area contributed by atoms with Crippen LogP contribution in [0.15, 0.2) is 23.4 Å². The van der Waals surface area contributed by atoms with Crippen LogP contribution in [0.1, 0.15) is 35.9 Å². The molecule has 1 amide bonds. The molecule has 1 aliphatic rings. The summed E-state index contributed by atoms with van der Waals surface area (Å²) in [5, 5.41) is 3.83. The van der Waals surface area contributed by atoms with E-state index in [1.165, 1.54) is 23.0 Å². The molecular weight excluding hydrogens is 394 g/mol. The molecule has 0 bridgehead atoms. The largest absolute Gasteiger partial charge is 0.369 e. The number of likely N-dealkylation sites (N-methyl/N-ethyl adjacent to an activating group) is 1. The fraction of sp³-hybridized carbons (Fsp3) is 0.522. The smallest absolute Gasteiger partial charge is 0.224 e. The summed E-state index contributed by atoms with van der Waals surface area (Å²) in [5.74, 6) is 0.0199. The highest BCUT2D eigenvalue weighted by atomic mass is 32.2. The first-order valence-electron chi connectivity index (χ1n) is 10.7. The van der Waals surface area contributed by atoms with Gasteiger partial charge in [0.05, 0.1) is 0 Å². The van der Waals surface area contributed by atoms with E-state index in [4.69, 9.17) is 0 Å². The zero-order chi connectivity index (χ0) is 21.7. The van der Waals surface area contributed by atoms with Crippen molar-refractivity contribution in [3.05, 3.63) is 40.7 Å². The third kappa shape index (κ3) is 5.52. The number of rotatable bonds is 7. The average molecular weight is 428 g/mol. The summed E-state index contributed by atoms with van der Waals surface area (Å²) in [5.41, 5.74) is 6.31. The Labute approximate surface area is 184 Å². The van der Waals surface area contributed by atoms with Crippen molar-refractivity contribution < 1.29 is 4.79 Å². The van der Waals surface area contributed by atoms with E-state index in [1.54, 1.807) is 0 Å². The lowest BCUT2D eigenvalue weighted by molar-refractivity contribution is -0.116. The van der Waals surface area contributed by atoms with Crippen LogP contribution in [0.3, 0.4) is 0 Å². The van der Waals surface area contributed by atoms with Crippen LogP contribution in [-0.4, -0.2) is 59.8 Å². The topological polar surface area (TPSA) is 61.4 Å². The molecule has 7 heteroatoms. The highest BCUT2D eigenvalue weighted by Gasteiger charge is 2.17. The van der Waals surface area contributed by atoms with E-state index in [2.05, 4.69) is 51.1 Å². The van der Waals surface area contributed by atoms with E-state index in [-0.39, 0.29) is 5.91 Å². The van der Waals surface area contributed by atoms with Crippen molar-refractivity contribution in [3.8, 4) is 0 Å². The van der Waals surface area contributed by atoms with Crippen molar-refractivity contribution in [3.63, 3.8) is 0 Å². The van der Waals surface area contributed by atoms with Gasteiger partial charge in [-0.2, -0.15) is 0 Å². The molecule has 0 unspecified atom stereocenters. The maximum Gasteiger partial charge on any atom is 0.224 e. The molecule has 0 spiro atoms. The number of nitrogens with one attached hydrogen (secondary N) is 1. The molecule has 1 aromatic carbocycles. The van der Waals surface area contributed by atoms with Crippen molar-refractivity contribution in [1.29, 1.82) is 0 Å². The minimum atomic E-state index is 0.0199. The molecule has 0 saturated carbocycles. The number of benzene rings is 1. The lowest BCUT2D eigenvalue weighted by Crippen LogP contribution is -2.46. The van der Waals surface area contributed by atoms with Gasteiger partial charge in [-0.1, -0.05) is 18.7 Å². The van der Waals surface area contributed by atoms with Gasteiger partial charge in [0.2, 0.25) is 5.91 Å². The highest BCUT2D eigenvalue weighted by Crippen LogP contribution is 2.25. The maximum absolute atomic E-state index is 12.5. The minimum Gasteiger partial charge on any atom is -0.369 e. The molecule has 0 radical (unpaired) electrons. The van der Waals surface area contributed by atoms with Gasteiger partial charge in [-0.25, -0.2) is 9.97 Å². The molecule has 0 aliphatic carbocycles. The number of hydrogen-bond acceptors (Lipinski definition) is 6. The van der Waals surface area contributed by atoms with Crippen molar-refractivity contribution in [2.45, 2.75) is 45.7 Å². The van der Waals surface area contributed by atoms with Gasteiger partial charge in [-0.3, -0.25) is 4.79 Å². The first-order valence-corrected chi connectivity index (χ1v) is 11.9. The van der Waals surface area contributed by atoms with Gasteiger partial charge in [0.15, 0.2) is 5.16 Å². The molecule has 2 heterocycles. The third-order valence-corrected chi connectivity index (χ3v) is 6.37. The SMILES string of the molecule is CCN1CCN(c2ccc(NC(=O)CCc3c(C)nc(SC)nc3C)cc2C)CC1. The molecule has 2 aromatic rings. The zero-order valence-corrected chi connectivity index (χ0v) is 19.6. The number of amides is 1. The first kappa shape index (κ1) is 22.6. The monoisotopic (exact) mass is 427 g/mol. The Kier molecular flexibility index (Phi) is 7.72. The Hall–Kier alpha value is -2.12. The van der Waals surface area contributed by atoms with Crippen molar-refractivity contribution in [2.75, 3.05) is 49.2 Å². The van der Waals surface area contributed by atoms with Crippen LogP contribution >= 0.6 is 11.8 Å². The van der Waals surface area contributed by atoms with Gasteiger partial charge < -0.3 is 15.1 Å². The van der Waals surface area contributed by atoms with Crippen LogP contribution in [0.2, 0.25) is 0 Å². The molecule has 1 N–H and O–H groups in total. The van der Waals surface area contributed by atoms with E-state index < -0.39 is 0 Å². The molecule has 3 rings (SSSR count). The number of aryl methyl sites for hydroxylation is 3. The fourth-order valence-electron chi connectivity index (χ4n) is 4.02. The fourth-order valence-corrected chi connectivity index (χ4v) is 4.47. The van der Waals surface area contributed by atoms with Crippen LogP contribution < -0.4 is 10.2 Å². The summed E-state index contributed by atoms with van der Waals surface area (Å²) < 4.78 is 0. The Balaban J connectivity index is 1.58. The summed E-state index contributed by atoms with van der Waals surface area (Å²) in [6.07, 6.45) is 3.04. The molecule has 162 valence electrons. The van der Waals surface area contributed by atoms with E-state index in [9.17, 15) is 4.79 Å².